The van der Waals surface area contributed by atoms with Gasteiger partial charge in [-0.3, -0.25) is 0 Å². The molecule has 1 aromatic carbocycles. The van der Waals surface area contributed by atoms with E-state index >= 15 is 0 Å². The van der Waals surface area contributed by atoms with Crippen LogP contribution >= 0.6 is 34.4 Å². The van der Waals surface area contributed by atoms with E-state index in [-0.39, 0.29) is 0 Å². The van der Waals surface area contributed by atoms with Gasteiger partial charge in [0.15, 0.2) is 0 Å². The first-order valence-electron chi connectivity index (χ1n) is 6.19. The SMILES string of the molecule is CCC(C)SCC(Cc1ccc(I)cc1)NC. The maximum atomic E-state index is 3.42. The summed E-state index contributed by atoms with van der Waals surface area (Å²) in [5.41, 5.74) is 1.43. The summed E-state index contributed by atoms with van der Waals surface area (Å²) in [6.07, 6.45) is 2.38. The molecule has 96 valence electrons. The van der Waals surface area contributed by atoms with Gasteiger partial charge in [-0.05, 0) is 60.2 Å². The molecule has 0 heterocycles. The lowest BCUT2D eigenvalue weighted by Gasteiger charge is -2.18. The second kappa shape index (κ2) is 8.38. The lowest BCUT2D eigenvalue weighted by molar-refractivity contribution is 0.616. The van der Waals surface area contributed by atoms with Crippen molar-refractivity contribution in [2.75, 3.05) is 12.8 Å². The van der Waals surface area contributed by atoms with Crippen LogP contribution in [0.1, 0.15) is 25.8 Å². The molecule has 0 radical (unpaired) electrons. The monoisotopic (exact) mass is 363 g/mol. The number of nitrogens with one attached hydrogen (secondary N) is 1. The molecule has 1 nitrogen and oxygen atoms in total. The summed E-state index contributed by atoms with van der Waals surface area (Å²) in [6, 6.07) is 9.42. The first kappa shape index (κ1) is 15.3. The highest BCUT2D eigenvalue weighted by atomic mass is 127. The largest absolute Gasteiger partial charge is 0.316 e. The molecule has 0 fully saturated rings. The molecular weight excluding hydrogens is 341 g/mol. The summed E-state index contributed by atoms with van der Waals surface area (Å²) in [5, 5.41) is 4.19. The van der Waals surface area contributed by atoms with Crippen molar-refractivity contribution in [3.05, 3.63) is 33.4 Å². The van der Waals surface area contributed by atoms with E-state index < -0.39 is 0 Å². The minimum atomic E-state index is 0.578. The number of thioether (sulfide) groups is 1. The standard InChI is InChI=1S/C14H22INS/c1-4-11(2)17-10-14(16-3)9-12-5-7-13(15)8-6-12/h5-8,11,14,16H,4,9-10H2,1-3H3. The Balaban J connectivity index is 2.43. The van der Waals surface area contributed by atoms with Gasteiger partial charge in [0.05, 0.1) is 0 Å². The van der Waals surface area contributed by atoms with Crippen molar-refractivity contribution in [3.63, 3.8) is 0 Å². The smallest absolute Gasteiger partial charge is 0.0195 e. The quantitative estimate of drug-likeness (QED) is 0.737. The van der Waals surface area contributed by atoms with E-state index in [1.807, 2.05) is 0 Å². The van der Waals surface area contributed by atoms with Crippen molar-refractivity contribution in [3.8, 4) is 0 Å². The molecule has 0 aliphatic heterocycles. The summed E-state index contributed by atoms with van der Waals surface area (Å²) < 4.78 is 1.31. The van der Waals surface area contributed by atoms with Crippen molar-refractivity contribution in [1.29, 1.82) is 0 Å². The Hall–Kier alpha value is 0.260. The van der Waals surface area contributed by atoms with E-state index in [9.17, 15) is 0 Å². The van der Waals surface area contributed by atoms with Crippen LogP contribution in [-0.4, -0.2) is 24.1 Å². The van der Waals surface area contributed by atoms with Crippen LogP contribution in [-0.2, 0) is 6.42 Å². The van der Waals surface area contributed by atoms with Crippen LogP contribution in [0.4, 0.5) is 0 Å². The molecule has 3 heteroatoms. The lowest BCUT2D eigenvalue weighted by atomic mass is 10.1. The van der Waals surface area contributed by atoms with Crippen LogP contribution in [0, 0.1) is 3.57 Å². The van der Waals surface area contributed by atoms with E-state index in [4.69, 9.17) is 0 Å². The fourth-order valence-electron chi connectivity index (χ4n) is 1.55. The Labute approximate surface area is 123 Å². The van der Waals surface area contributed by atoms with Crippen LogP contribution in [0.5, 0.6) is 0 Å². The van der Waals surface area contributed by atoms with E-state index in [0.29, 0.717) is 6.04 Å². The highest BCUT2D eigenvalue weighted by Crippen LogP contribution is 2.17. The summed E-state index contributed by atoms with van der Waals surface area (Å²) in [6.45, 7) is 4.56. The third-order valence-electron chi connectivity index (χ3n) is 2.96. The molecule has 0 aliphatic carbocycles. The first-order chi connectivity index (χ1) is 8.15. The molecule has 0 aromatic heterocycles. The Morgan fingerprint density at radius 1 is 1.29 bits per heavy atom. The van der Waals surface area contributed by atoms with Gasteiger partial charge in [0.2, 0.25) is 0 Å². The van der Waals surface area contributed by atoms with Crippen LogP contribution in [0.3, 0.4) is 0 Å². The molecule has 0 aliphatic rings. The number of rotatable bonds is 7. The second-order valence-electron chi connectivity index (χ2n) is 4.37. The lowest BCUT2D eigenvalue weighted by Crippen LogP contribution is -2.30. The summed E-state index contributed by atoms with van der Waals surface area (Å²) in [5.74, 6) is 1.19. The van der Waals surface area contributed by atoms with Gasteiger partial charge in [-0.25, -0.2) is 0 Å². The Bertz CT molecular complexity index is 313. The average molecular weight is 363 g/mol. The van der Waals surface area contributed by atoms with Gasteiger partial charge in [-0.1, -0.05) is 26.0 Å². The van der Waals surface area contributed by atoms with Gasteiger partial charge in [0.25, 0.3) is 0 Å². The van der Waals surface area contributed by atoms with Crippen molar-refractivity contribution < 1.29 is 0 Å². The predicted molar refractivity (Wildman–Crippen MR) is 87.9 cm³/mol. The highest BCUT2D eigenvalue weighted by Gasteiger charge is 2.09. The van der Waals surface area contributed by atoms with E-state index in [0.717, 1.165) is 11.7 Å². The Kier molecular flexibility index (Phi) is 7.55. The molecule has 0 amide bonds. The summed E-state index contributed by atoms with van der Waals surface area (Å²) in [4.78, 5) is 0. The molecule has 1 rings (SSSR count). The third-order valence-corrected chi connectivity index (χ3v) is 5.18. The van der Waals surface area contributed by atoms with Crippen molar-refractivity contribution >= 4 is 34.4 Å². The maximum absolute atomic E-state index is 3.42. The third kappa shape index (κ3) is 6.11. The van der Waals surface area contributed by atoms with Crippen molar-refractivity contribution in [1.82, 2.24) is 5.32 Å². The van der Waals surface area contributed by atoms with Crippen LogP contribution in [0.15, 0.2) is 24.3 Å². The molecule has 0 bridgehead atoms. The van der Waals surface area contributed by atoms with Gasteiger partial charge in [0.1, 0.15) is 0 Å². The minimum absolute atomic E-state index is 0.578. The molecule has 0 saturated heterocycles. The Morgan fingerprint density at radius 2 is 1.94 bits per heavy atom. The predicted octanol–water partition coefficient (Wildman–Crippen LogP) is 3.95. The average Bonchev–Trinajstić information content (AvgIpc) is 2.36. The highest BCUT2D eigenvalue weighted by molar-refractivity contribution is 14.1. The fourth-order valence-corrected chi connectivity index (χ4v) is 2.99. The van der Waals surface area contributed by atoms with Crippen LogP contribution in [0.2, 0.25) is 0 Å². The number of benzene rings is 1. The first-order valence-corrected chi connectivity index (χ1v) is 8.31. The van der Waals surface area contributed by atoms with Gasteiger partial charge in [0, 0.05) is 20.6 Å². The number of likely N-dealkylation sites (N-methyl/N-ethyl adjacent to an activating group) is 1. The number of hydrogen-bond donors (Lipinski definition) is 1. The Morgan fingerprint density at radius 3 is 2.47 bits per heavy atom. The number of halogens is 1. The normalized spacial score (nSPS) is 14.6. The fraction of sp³-hybridized carbons (Fsp3) is 0.571. The van der Waals surface area contributed by atoms with Crippen molar-refractivity contribution in [2.24, 2.45) is 0 Å². The summed E-state index contributed by atoms with van der Waals surface area (Å²) >= 11 is 4.42. The van der Waals surface area contributed by atoms with Crippen LogP contribution < -0.4 is 5.32 Å². The molecule has 17 heavy (non-hydrogen) atoms. The van der Waals surface area contributed by atoms with Gasteiger partial charge < -0.3 is 5.32 Å². The van der Waals surface area contributed by atoms with Crippen molar-refractivity contribution in [2.45, 2.75) is 38.0 Å². The topological polar surface area (TPSA) is 12.0 Å². The molecule has 0 spiro atoms. The molecule has 1 N–H and O–H groups in total. The zero-order valence-electron chi connectivity index (χ0n) is 10.9. The molecule has 2 unspecified atom stereocenters. The van der Waals surface area contributed by atoms with Gasteiger partial charge >= 0.3 is 0 Å². The minimum Gasteiger partial charge on any atom is -0.316 e. The molecule has 1 aromatic rings. The van der Waals surface area contributed by atoms with E-state index in [2.05, 4.69) is 84.8 Å². The molecule has 0 saturated carbocycles. The summed E-state index contributed by atoms with van der Waals surface area (Å²) in [7, 11) is 2.06. The van der Waals surface area contributed by atoms with Gasteiger partial charge in [-0.2, -0.15) is 11.8 Å². The zero-order chi connectivity index (χ0) is 12.7. The van der Waals surface area contributed by atoms with Gasteiger partial charge in [-0.15, -0.1) is 0 Å². The van der Waals surface area contributed by atoms with E-state index in [1.54, 1.807) is 0 Å². The second-order valence-corrected chi connectivity index (χ2v) is 7.09. The molecule has 2 atom stereocenters. The maximum Gasteiger partial charge on any atom is 0.0195 e. The zero-order valence-corrected chi connectivity index (χ0v) is 13.8. The van der Waals surface area contributed by atoms with Crippen LogP contribution in [0.25, 0.3) is 0 Å². The number of hydrogen-bond acceptors (Lipinski definition) is 2. The molecular formula is C14H22INS. The van der Waals surface area contributed by atoms with E-state index in [1.165, 1.54) is 21.3 Å².